The molecule has 2 saturated heterocycles. The Kier molecular flexibility index (Phi) is 47.3. The Hall–Kier alpha value is -8.57. The van der Waals surface area contributed by atoms with E-state index in [1.165, 1.54) is 22.3 Å². The molecule has 2 heterocycles. The van der Waals surface area contributed by atoms with Crippen LogP contribution in [0.5, 0.6) is 11.5 Å². The van der Waals surface area contributed by atoms with Crippen LogP contribution < -0.4 is 20.4 Å². The van der Waals surface area contributed by atoms with Crippen molar-refractivity contribution in [2.75, 3.05) is 186 Å². The maximum Gasteiger partial charge on any atom is 0.494 e. The highest BCUT2D eigenvalue weighted by Crippen LogP contribution is 2.60. The van der Waals surface area contributed by atoms with Gasteiger partial charge in [-0.2, -0.15) is 19.2 Å². The summed E-state index contributed by atoms with van der Waals surface area (Å²) in [7, 11) is 2.09. The second kappa shape index (κ2) is 56.3. The highest BCUT2D eigenvalue weighted by Gasteiger charge is 2.56. The van der Waals surface area contributed by atoms with Crippen LogP contribution in [-0.2, 0) is 118 Å². The van der Waals surface area contributed by atoms with Gasteiger partial charge < -0.3 is 105 Å². The van der Waals surface area contributed by atoms with E-state index in [4.69, 9.17) is 125 Å². The highest BCUT2D eigenvalue weighted by molar-refractivity contribution is 9.10. The summed E-state index contributed by atoms with van der Waals surface area (Å²) in [4.78, 5) is 60.0. The molecule has 4 aliphatic rings. The Morgan fingerprint density at radius 1 is 0.343 bits per heavy atom. The monoisotopic (exact) mass is 1980 g/mol. The van der Waals surface area contributed by atoms with E-state index in [2.05, 4.69) is 236 Å². The summed E-state index contributed by atoms with van der Waals surface area (Å²) >= 11 is 7.53. The first-order valence-electron chi connectivity index (χ1n) is 45.1. The van der Waals surface area contributed by atoms with Gasteiger partial charge in [-0.15, -0.1) is 0 Å². The van der Waals surface area contributed by atoms with Crippen molar-refractivity contribution in [2.24, 2.45) is 0 Å². The minimum atomic E-state index is -0.937. The largest absolute Gasteiger partial charge is 0.494 e. The molecule has 0 spiro atoms. The highest BCUT2D eigenvalue weighted by atomic mass is 79.9. The maximum absolute atomic E-state index is 14.0. The van der Waals surface area contributed by atoms with Crippen LogP contribution in [0.15, 0.2) is 155 Å². The number of halogens is 2. The van der Waals surface area contributed by atoms with Crippen molar-refractivity contribution in [1.29, 1.82) is 0 Å². The van der Waals surface area contributed by atoms with E-state index < -0.39 is 59.4 Å². The van der Waals surface area contributed by atoms with E-state index in [-0.39, 0.29) is 65.2 Å². The summed E-state index contributed by atoms with van der Waals surface area (Å²) in [5, 5.41) is 33.1. The Morgan fingerprint density at radius 2 is 0.604 bits per heavy atom. The number of aliphatic hydroxyl groups is 4. The normalized spacial score (nSPS) is 14.8. The molecule has 8 aromatic carbocycles. The first-order chi connectivity index (χ1) is 64.4. The van der Waals surface area contributed by atoms with E-state index in [0.717, 1.165) is 99.5 Å². The number of aliphatic hydroxyl groups excluding tert-OH is 4. The van der Waals surface area contributed by atoms with Gasteiger partial charge in [0, 0.05) is 23.2 Å². The molecule has 2 fully saturated rings. The number of methoxy groups -OCH3 is 2. The molecule has 28 nitrogen and oxygen atoms in total. The Morgan fingerprint density at radius 3 is 0.888 bits per heavy atom. The molecule has 8 aromatic rings. The maximum atomic E-state index is 14.0. The first-order valence-corrected chi connectivity index (χ1v) is 46.7. The molecular formula is C102H132B2Br2O28. The molecule has 0 bridgehead atoms. The molecule has 0 atom stereocenters. The molecule has 2 aliphatic carbocycles. The van der Waals surface area contributed by atoms with Crippen LogP contribution in [0, 0.1) is 13.8 Å². The fourth-order valence-corrected chi connectivity index (χ4v) is 16.5. The summed E-state index contributed by atoms with van der Waals surface area (Å²) in [5.41, 5.74) is 16.6. The lowest BCUT2D eigenvalue weighted by molar-refractivity contribution is -0.193. The molecule has 0 unspecified atom stereocenters. The van der Waals surface area contributed by atoms with Gasteiger partial charge in [0.1, 0.15) is 35.8 Å². The number of hydrogen-bond acceptors (Lipinski definition) is 28. The zero-order valence-corrected chi connectivity index (χ0v) is 83.3. The van der Waals surface area contributed by atoms with E-state index in [1.807, 2.05) is 38.1 Å². The molecule has 4 N–H and O–H groups in total. The van der Waals surface area contributed by atoms with Crippen molar-refractivity contribution in [1.82, 2.24) is 0 Å². The topological polar surface area (TPSA) is 349 Å². The Balaban J connectivity index is 0.000000295. The average Bonchev–Trinajstić information content (AvgIpc) is 1.53. The van der Waals surface area contributed by atoms with E-state index >= 15 is 0 Å². The molecular weight excluding hydrogens is 1850 g/mol. The van der Waals surface area contributed by atoms with Crippen molar-refractivity contribution in [2.45, 2.75) is 143 Å². The summed E-state index contributed by atoms with van der Waals surface area (Å²) in [6, 6.07) is 51.3. The second-order valence-electron chi connectivity index (χ2n) is 33.2. The number of ether oxygens (including phenoxy) is 14. The van der Waals surface area contributed by atoms with Crippen molar-refractivity contribution >= 4 is 81.3 Å². The Labute approximate surface area is 805 Å². The first kappa shape index (κ1) is 112. The zero-order valence-electron chi connectivity index (χ0n) is 80.2. The van der Waals surface area contributed by atoms with Crippen molar-refractivity contribution in [3.05, 3.63) is 232 Å². The van der Waals surface area contributed by atoms with Gasteiger partial charge in [-0.1, -0.05) is 143 Å². The van der Waals surface area contributed by atoms with Crippen LogP contribution in [0.25, 0.3) is 22.3 Å². The SMILES string of the molecule is CCOC(=O)c1cc(C2(c3ccc(C)c(CC)c3)c3cc(B4OC(C)(C)C(C)(C)O4)ccc3-c3ccc(B4OC(C)(C)C(C)(C)O4)cc32)ccc1OCCOCCOCCOC.CCOC(=O)c1cc(C2(c3ccc(C)c(CC)c3)c3cc(Br)ccc3-c3ccc(Br)cc32)ccc1OCCOCCOCCOC.O=C=O.O=C=O.OCCOCCOCCO.OCCOCCOCCO. The van der Waals surface area contributed by atoms with Gasteiger partial charge in [0.25, 0.3) is 0 Å². The predicted octanol–water partition coefficient (Wildman–Crippen LogP) is 13.3. The van der Waals surface area contributed by atoms with Gasteiger partial charge in [0.15, 0.2) is 0 Å². The summed E-state index contributed by atoms with van der Waals surface area (Å²) < 4.78 is 104. The molecule has 134 heavy (non-hydrogen) atoms. The van der Waals surface area contributed by atoms with Crippen molar-refractivity contribution in [3.8, 4) is 33.8 Å². The van der Waals surface area contributed by atoms with E-state index in [0.29, 0.717) is 142 Å². The lowest BCUT2D eigenvalue weighted by Crippen LogP contribution is -2.41. The minimum absolute atomic E-state index is 0.0417. The molecule has 728 valence electrons. The third-order valence-corrected chi connectivity index (χ3v) is 24.7. The molecule has 12 rings (SSSR count). The van der Waals surface area contributed by atoms with Crippen LogP contribution in [-0.4, -0.2) is 267 Å². The molecule has 0 amide bonds. The number of carbonyl (C=O) groups excluding carboxylic acids is 6. The molecule has 0 aromatic heterocycles. The lowest BCUT2D eigenvalue weighted by Gasteiger charge is -2.35. The third-order valence-electron chi connectivity index (χ3n) is 23.7. The van der Waals surface area contributed by atoms with Gasteiger partial charge >= 0.3 is 38.5 Å². The van der Waals surface area contributed by atoms with Crippen LogP contribution >= 0.6 is 31.9 Å². The minimum Gasteiger partial charge on any atom is -0.490 e. The molecule has 0 saturated carbocycles. The van der Waals surface area contributed by atoms with Gasteiger partial charge in [0.2, 0.25) is 0 Å². The number of benzene rings is 8. The van der Waals surface area contributed by atoms with Crippen molar-refractivity contribution in [3.63, 3.8) is 0 Å². The van der Waals surface area contributed by atoms with Gasteiger partial charge in [0.05, 0.1) is 192 Å². The summed E-state index contributed by atoms with van der Waals surface area (Å²) in [6.45, 7) is 37.8. The fourth-order valence-electron chi connectivity index (χ4n) is 15.8. The van der Waals surface area contributed by atoms with Crippen LogP contribution in [0.3, 0.4) is 0 Å². The third kappa shape index (κ3) is 29.3. The number of carbonyl (C=O) groups is 2. The van der Waals surface area contributed by atoms with Crippen LogP contribution in [0.1, 0.15) is 171 Å². The van der Waals surface area contributed by atoms with Gasteiger partial charge in [-0.3, -0.25) is 0 Å². The van der Waals surface area contributed by atoms with Gasteiger partial charge in [-0.05, 0) is 244 Å². The van der Waals surface area contributed by atoms with E-state index in [9.17, 15) is 9.59 Å². The average molecular weight is 1990 g/mol. The van der Waals surface area contributed by atoms with Crippen LogP contribution in [0.4, 0.5) is 0 Å². The molecule has 2 aliphatic heterocycles. The standard InChI is InChI=1S/C50H64B2O10.C38H40Br2O6.2C6H14O4.2CO2/c1-13-34-29-35(16-15-33(34)3)50(36-17-22-44(41(30-36)45(53)57-14-2)58-28-27-56-26-25-55-24-23-54-12)42-31-37(51-59-46(4,5)47(6,7)60-51)18-20-39(42)40-21-19-38(32-43(40)50)52-61-48(8,9)49(10,11)62-52;1-5-26-21-27(8-7-25(26)3)38(34-23-29(39)10-12-31(34)32-13-11-30(40)24-35(32)38)28-9-14-36(33(22-28)37(41)45-6-2)46-20-19-44-18-17-43-16-15-42-4;2*7-1-3-9-5-6-10-4-2-8;2*2-1-3/h15-22,29-32H,13-14,23-28H2,1-12H3;7-14,21-24H,5-6,15-20H2,1-4H3;2*7-8H,1-6H2;;. The number of rotatable bonds is 46. The summed E-state index contributed by atoms with van der Waals surface area (Å²) in [5.74, 6) is -0.0317. The fraction of sp³-hybridized carbons (Fsp3) is 0.490. The van der Waals surface area contributed by atoms with Crippen molar-refractivity contribution < 1.29 is 134 Å². The predicted molar refractivity (Wildman–Crippen MR) is 514 cm³/mol. The number of esters is 2. The van der Waals surface area contributed by atoms with E-state index in [1.54, 1.807) is 14.2 Å². The lowest BCUT2D eigenvalue weighted by atomic mass is 9.64. The Bertz CT molecular complexity index is 4850. The number of fused-ring (bicyclic) bond motifs is 6. The molecule has 0 radical (unpaired) electrons. The quantitative estimate of drug-likeness (QED) is 0.0156. The number of aryl methyl sites for hydroxylation is 4. The molecule has 32 heteroatoms. The number of hydrogen-bond donors (Lipinski definition) is 4. The smallest absolute Gasteiger partial charge is 0.490 e. The second-order valence-corrected chi connectivity index (χ2v) is 35.0. The van der Waals surface area contributed by atoms with Crippen LogP contribution in [0.2, 0.25) is 0 Å². The summed E-state index contributed by atoms with van der Waals surface area (Å²) in [6.07, 6.45) is 2.26. The zero-order chi connectivity index (χ0) is 98.1. The van der Waals surface area contributed by atoms with Gasteiger partial charge in [-0.25, -0.2) is 9.59 Å².